The molecule has 11 heteroatoms. The molecule has 42 heavy (non-hydrogen) atoms. The summed E-state index contributed by atoms with van der Waals surface area (Å²) in [6, 6.07) is 18.4. The van der Waals surface area contributed by atoms with Crippen molar-refractivity contribution in [2.75, 3.05) is 31.6 Å². The van der Waals surface area contributed by atoms with Gasteiger partial charge in [-0.05, 0) is 78.6 Å². The van der Waals surface area contributed by atoms with E-state index in [1.165, 1.54) is 48.4 Å². The Morgan fingerprint density at radius 2 is 1.43 bits per heavy atom. The summed E-state index contributed by atoms with van der Waals surface area (Å²) in [4.78, 5) is 28.8. The van der Waals surface area contributed by atoms with Crippen LogP contribution in [0.2, 0.25) is 5.02 Å². The molecule has 0 aliphatic rings. The molecule has 1 atom stereocenters. The largest absolute Gasteiger partial charge is 0.497 e. The first-order chi connectivity index (χ1) is 20.0. The van der Waals surface area contributed by atoms with Crippen LogP contribution in [0.15, 0.2) is 77.7 Å². The lowest BCUT2D eigenvalue weighted by molar-refractivity contribution is -0.140. The first-order valence-electron chi connectivity index (χ1n) is 13.6. The number of carbonyl (C=O) groups is 2. The first-order valence-corrected chi connectivity index (χ1v) is 15.4. The molecule has 0 saturated heterocycles. The number of nitrogens with zero attached hydrogens (tertiary/aromatic N) is 2. The molecule has 0 spiro atoms. The minimum atomic E-state index is -4.21. The van der Waals surface area contributed by atoms with E-state index in [0.29, 0.717) is 29.5 Å². The van der Waals surface area contributed by atoms with Crippen molar-refractivity contribution in [3.8, 4) is 11.5 Å². The summed E-state index contributed by atoms with van der Waals surface area (Å²) in [6.07, 6.45) is 0.331. The summed E-state index contributed by atoms with van der Waals surface area (Å²) in [5.41, 5.74) is 1.01. The Kier molecular flexibility index (Phi) is 11.6. The first kappa shape index (κ1) is 32.8. The smallest absolute Gasteiger partial charge is 0.264 e. The second kappa shape index (κ2) is 14.9. The van der Waals surface area contributed by atoms with Gasteiger partial charge in [0.2, 0.25) is 11.8 Å². The zero-order chi connectivity index (χ0) is 30.9. The summed E-state index contributed by atoms with van der Waals surface area (Å²) in [6.45, 7) is 5.78. The summed E-state index contributed by atoms with van der Waals surface area (Å²) >= 11 is 6.09. The van der Waals surface area contributed by atoms with E-state index >= 15 is 0 Å². The maximum Gasteiger partial charge on any atom is 0.264 e. The van der Waals surface area contributed by atoms with Crippen molar-refractivity contribution < 1.29 is 27.5 Å². The number of nitrogens with one attached hydrogen (secondary N) is 1. The number of halogens is 1. The molecule has 0 aromatic heterocycles. The van der Waals surface area contributed by atoms with Crippen molar-refractivity contribution in [2.24, 2.45) is 5.92 Å². The third kappa shape index (κ3) is 8.39. The molecule has 9 nitrogen and oxygen atoms in total. The zero-order valence-corrected chi connectivity index (χ0v) is 26.1. The predicted molar refractivity (Wildman–Crippen MR) is 164 cm³/mol. The third-order valence-electron chi connectivity index (χ3n) is 6.62. The van der Waals surface area contributed by atoms with Crippen LogP contribution in [-0.2, 0) is 26.2 Å². The highest BCUT2D eigenvalue weighted by atomic mass is 35.5. The van der Waals surface area contributed by atoms with Crippen LogP contribution in [0.4, 0.5) is 5.69 Å². The lowest BCUT2D eigenvalue weighted by atomic mass is 10.1. The molecule has 0 aliphatic heterocycles. The van der Waals surface area contributed by atoms with E-state index in [9.17, 15) is 18.0 Å². The van der Waals surface area contributed by atoms with E-state index in [2.05, 4.69) is 5.32 Å². The van der Waals surface area contributed by atoms with Crippen LogP contribution >= 0.6 is 11.6 Å². The van der Waals surface area contributed by atoms with Crippen molar-refractivity contribution in [2.45, 2.75) is 44.7 Å². The second-order valence-electron chi connectivity index (χ2n) is 10.1. The number of anilines is 1. The average Bonchev–Trinajstić information content (AvgIpc) is 2.99. The highest BCUT2D eigenvalue weighted by molar-refractivity contribution is 7.92. The molecule has 0 aliphatic carbocycles. The van der Waals surface area contributed by atoms with Crippen LogP contribution in [0.3, 0.4) is 0 Å². The van der Waals surface area contributed by atoms with Crippen LogP contribution in [0.1, 0.15) is 32.8 Å². The number of methoxy groups -OCH3 is 2. The van der Waals surface area contributed by atoms with Crippen molar-refractivity contribution >= 4 is 39.1 Å². The average molecular weight is 616 g/mol. The van der Waals surface area contributed by atoms with Crippen LogP contribution in [0.25, 0.3) is 0 Å². The molecule has 2 amide bonds. The van der Waals surface area contributed by atoms with E-state index < -0.39 is 28.5 Å². The maximum atomic E-state index is 14.1. The minimum Gasteiger partial charge on any atom is -0.497 e. The fourth-order valence-electron chi connectivity index (χ4n) is 4.28. The molecular weight excluding hydrogens is 578 g/mol. The Hall–Kier alpha value is -3.76. The number of carbonyl (C=O) groups excluding carboxylic acids is 2. The summed E-state index contributed by atoms with van der Waals surface area (Å²) < 4.78 is 39.3. The van der Waals surface area contributed by atoms with E-state index in [0.717, 1.165) is 9.87 Å². The molecule has 226 valence electrons. The number of rotatable bonds is 14. The summed E-state index contributed by atoms with van der Waals surface area (Å²) in [5.74, 6) is 0.519. The number of ether oxygens (including phenoxy) is 2. The van der Waals surface area contributed by atoms with E-state index in [1.807, 2.05) is 32.9 Å². The van der Waals surface area contributed by atoms with E-state index in [-0.39, 0.29) is 29.0 Å². The van der Waals surface area contributed by atoms with Gasteiger partial charge in [0.25, 0.3) is 10.0 Å². The van der Waals surface area contributed by atoms with Gasteiger partial charge in [-0.25, -0.2) is 8.42 Å². The molecule has 3 aromatic carbocycles. The van der Waals surface area contributed by atoms with Crippen LogP contribution < -0.4 is 19.1 Å². The summed E-state index contributed by atoms with van der Waals surface area (Å²) in [7, 11) is -1.16. The number of sulfonamides is 1. The van der Waals surface area contributed by atoms with Crippen LogP contribution in [-0.4, -0.2) is 58.5 Å². The van der Waals surface area contributed by atoms with Gasteiger partial charge < -0.3 is 19.7 Å². The Bertz CT molecular complexity index is 1430. The monoisotopic (exact) mass is 615 g/mol. The van der Waals surface area contributed by atoms with Gasteiger partial charge in [0.05, 0.1) is 24.8 Å². The fourth-order valence-corrected chi connectivity index (χ4v) is 5.82. The van der Waals surface area contributed by atoms with Crippen molar-refractivity contribution in [3.63, 3.8) is 0 Å². The quantitative estimate of drug-likeness (QED) is 0.270. The molecule has 0 heterocycles. The minimum absolute atomic E-state index is 0.0190. The van der Waals surface area contributed by atoms with E-state index in [4.69, 9.17) is 21.1 Å². The summed E-state index contributed by atoms with van der Waals surface area (Å²) in [5, 5.41) is 3.34. The molecule has 3 aromatic rings. The van der Waals surface area contributed by atoms with Gasteiger partial charge >= 0.3 is 0 Å². The molecular formula is C31H38ClN3O6S. The molecule has 1 N–H and O–H groups in total. The lowest BCUT2D eigenvalue weighted by Crippen LogP contribution is -2.52. The van der Waals surface area contributed by atoms with Gasteiger partial charge in [0.1, 0.15) is 24.1 Å². The zero-order valence-electron chi connectivity index (χ0n) is 24.5. The molecule has 0 fully saturated rings. The fraction of sp³-hybridized carbons (Fsp3) is 0.355. The Morgan fingerprint density at radius 1 is 0.881 bits per heavy atom. The lowest BCUT2D eigenvalue weighted by Gasteiger charge is -2.33. The van der Waals surface area contributed by atoms with Gasteiger partial charge in [-0.15, -0.1) is 0 Å². The topological polar surface area (TPSA) is 105 Å². The van der Waals surface area contributed by atoms with Gasteiger partial charge in [0, 0.05) is 18.1 Å². The molecule has 0 radical (unpaired) electrons. The van der Waals surface area contributed by atoms with Crippen molar-refractivity contribution in [3.05, 3.63) is 83.4 Å². The van der Waals surface area contributed by atoms with Crippen molar-refractivity contribution in [1.82, 2.24) is 10.2 Å². The van der Waals surface area contributed by atoms with Crippen molar-refractivity contribution in [1.29, 1.82) is 0 Å². The highest BCUT2D eigenvalue weighted by Crippen LogP contribution is 2.27. The SMILES string of the molecule is CC[C@@H](C(=O)NCC(C)C)N(Cc1ccc(OC)cc1)C(=O)CN(c1ccc(Cl)cc1)S(=O)(=O)c1ccc(OC)cc1. The number of hydrogen-bond acceptors (Lipinski definition) is 6. The predicted octanol–water partition coefficient (Wildman–Crippen LogP) is 5.13. The van der Waals surface area contributed by atoms with Crippen LogP contribution in [0.5, 0.6) is 11.5 Å². The number of hydrogen-bond donors (Lipinski definition) is 1. The standard InChI is InChI=1S/C31H38ClN3O6S/c1-6-29(31(37)33-19-22(2)3)34(20-23-7-13-26(40-4)14-8-23)30(36)21-35(25-11-9-24(32)10-12-25)42(38,39)28-17-15-27(41-5)16-18-28/h7-18,22,29H,6,19-21H2,1-5H3,(H,33,37)/t29-/m0/s1. The number of amides is 2. The van der Waals surface area contributed by atoms with Gasteiger partial charge in [0.15, 0.2) is 0 Å². The van der Waals surface area contributed by atoms with E-state index in [1.54, 1.807) is 31.4 Å². The Morgan fingerprint density at radius 3 is 1.93 bits per heavy atom. The maximum absolute atomic E-state index is 14.1. The Labute approximate surface area is 253 Å². The number of benzene rings is 3. The molecule has 0 bridgehead atoms. The molecule has 0 unspecified atom stereocenters. The normalized spacial score (nSPS) is 12.0. The third-order valence-corrected chi connectivity index (χ3v) is 8.66. The Balaban J connectivity index is 2.04. The second-order valence-corrected chi connectivity index (χ2v) is 12.4. The van der Waals surface area contributed by atoms with Crippen LogP contribution in [0, 0.1) is 5.92 Å². The van der Waals surface area contributed by atoms with Gasteiger partial charge in [-0.2, -0.15) is 0 Å². The van der Waals surface area contributed by atoms with Gasteiger partial charge in [-0.1, -0.05) is 44.5 Å². The molecule has 0 saturated carbocycles. The molecule has 3 rings (SSSR count). The van der Waals surface area contributed by atoms with Gasteiger partial charge in [-0.3, -0.25) is 13.9 Å². The highest BCUT2D eigenvalue weighted by Gasteiger charge is 2.33.